The first-order chi connectivity index (χ1) is 3.83. The SMILES string of the molecule is O=CC1C=C(Br)CC1. The summed E-state index contributed by atoms with van der Waals surface area (Å²) in [6.07, 6.45) is 4.98. The van der Waals surface area contributed by atoms with E-state index in [4.69, 9.17) is 0 Å². The lowest BCUT2D eigenvalue weighted by Gasteiger charge is -1.88. The van der Waals surface area contributed by atoms with Crippen LogP contribution in [0.5, 0.6) is 0 Å². The number of aldehydes is 1. The highest BCUT2D eigenvalue weighted by Crippen LogP contribution is 2.26. The molecule has 0 aromatic carbocycles. The molecule has 0 amide bonds. The van der Waals surface area contributed by atoms with E-state index in [1.54, 1.807) is 0 Å². The van der Waals surface area contributed by atoms with E-state index < -0.39 is 0 Å². The molecule has 0 saturated heterocycles. The Morgan fingerprint density at radius 3 is 2.88 bits per heavy atom. The number of carbonyl (C=O) groups is 1. The quantitative estimate of drug-likeness (QED) is 0.556. The van der Waals surface area contributed by atoms with Gasteiger partial charge in [-0.3, -0.25) is 0 Å². The van der Waals surface area contributed by atoms with Crippen LogP contribution in [0.15, 0.2) is 10.6 Å². The summed E-state index contributed by atoms with van der Waals surface area (Å²) in [5.41, 5.74) is 0. The van der Waals surface area contributed by atoms with Gasteiger partial charge in [0.15, 0.2) is 0 Å². The van der Waals surface area contributed by atoms with E-state index in [0.717, 1.165) is 19.1 Å². The standard InChI is InChI=1S/C6H7BrO/c7-6-2-1-5(3-6)4-8/h3-5H,1-2H2. The summed E-state index contributed by atoms with van der Waals surface area (Å²) in [6, 6.07) is 0. The minimum Gasteiger partial charge on any atom is -0.303 e. The van der Waals surface area contributed by atoms with Crippen LogP contribution in [0.25, 0.3) is 0 Å². The molecule has 0 heterocycles. The van der Waals surface area contributed by atoms with Crippen molar-refractivity contribution in [2.45, 2.75) is 12.8 Å². The first-order valence-corrected chi connectivity index (χ1v) is 3.43. The first kappa shape index (κ1) is 6.02. The van der Waals surface area contributed by atoms with Gasteiger partial charge in [-0.25, -0.2) is 0 Å². The van der Waals surface area contributed by atoms with Gasteiger partial charge < -0.3 is 4.79 Å². The maximum Gasteiger partial charge on any atom is 0.126 e. The van der Waals surface area contributed by atoms with E-state index in [2.05, 4.69) is 15.9 Å². The molecule has 1 rings (SSSR count). The van der Waals surface area contributed by atoms with E-state index in [0.29, 0.717) is 0 Å². The third-order valence-electron chi connectivity index (χ3n) is 1.29. The highest BCUT2D eigenvalue weighted by atomic mass is 79.9. The van der Waals surface area contributed by atoms with E-state index in [1.165, 1.54) is 4.48 Å². The number of allylic oxidation sites excluding steroid dienone is 2. The molecular formula is C6H7BrO. The van der Waals surface area contributed by atoms with E-state index in [1.807, 2.05) is 6.08 Å². The van der Waals surface area contributed by atoms with Gasteiger partial charge in [0.1, 0.15) is 6.29 Å². The molecule has 44 valence electrons. The number of carbonyl (C=O) groups excluding carboxylic acids is 1. The molecule has 0 bridgehead atoms. The third kappa shape index (κ3) is 1.19. The fourth-order valence-corrected chi connectivity index (χ4v) is 1.38. The summed E-state index contributed by atoms with van der Waals surface area (Å²) < 4.78 is 1.18. The van der Waals surface area contributed by atoms with Crippen molar-refractivity contribution in [2.75, 3.05) is 0 Å². The lowest BCUT2D eigenvalue weighted by Crippen LogP contribution is -1.89. The highest BCUT2D eigenvalue weighted by Gasteiger charge is 2.11. The van der Waals surface area contributed by atoms with Crippen LogP contribution in [0.1, 0.15) is 12.8 Å². The van der Waals surface area contributed by atoms with Crippen LogP contribution in [0.2, 0.25) is 0 Å². The molecule has 2 heteroatoms. The van der Waals surface area contributed by atoms with Crippen molar-refractivity contribution in [3.05, 3.63) is 10.6 Å². The summed E-state index contributed by atoms with van der Waals surface area (Å²) in [5.74, 6) is 0.185. The fraction of sp³-hybridized carbons (Fsp3) is 0.500. The Morgan fingerprint density at radius 1 is 1.88 bits per heavy atom. The van der Waals surface area contributed by atoms with Crippen molar-refractivity contribution in [1.82, 2.24) is 0 Å². The molecule has 0 aromatic rings. The van der Waals surface area contributed by atoms with Crippen molar-refractivity contribution < 1.29 is 4.79 Å². The van der Waals surface area contributed by atoms with Crippen molar-refractivity contribution in [3.8, 4) is 0 Å². The molecule has 1 unspecified atom stereocenters. The Morgan fingerprint density at radius 2 is 2.62 bits per heavy atom. The first-order valence-electron chi connectivity index (χ1n) is 2.64. The number of rotatable bonds is 1. The predicted molar refractivity (Wildman–Crippen MR) is 35.8 cm³/mol. The molecule has 1 aliphatic rings. The highest BCUT2D eigenvalue weighted by molar-refractivity contribution is 9.11. The molecule has 0 radical (unpaired) electrons. The second-order valence-electron chi connectivity index (χ2n) is 1.95. The normalized spacial score (nSPS) is 27.6. The molecule has 0 fully saturated rings. The van der Waals surface area contributed by atoms with E-state index in [-0.39, 0.29) is 5.92 Å². The summed E-state index contributed by atoms with van der Waals surface area (Å²) in [4.78, 5) is 10.1. The zero-order chi connectivity index (χ0) is 5.98. The van der Waals surface area contributed by atoms with Gasteiger partial charge in [0, 0.05) is 5.92 Å². The van der Waals surface area contributed by atoms with Gasteiger partial charge in [0.25, 0.3) is 0 Å². The summed E-state index contributed by atoms with van der Waals surface area (Å²) in [5, 5.41) is 0. The van der Waals surface area contributed by atoms with Crippen LogP contribution in [-0.2, 0) is 4.79 Å². The molecule has 1 aliphatic carbocycles. The van der Waals surface area contributed by atoms with Gasteiger partial charge in [-0.1, -0.05) is 22.0 Å². The topological polar surface area (TPSA) is 17.1 Å². The number of hydrogen-bond acceptors (Lipinski definition) is 1. The minimum absolute atomic E-state index is 0.185. The van der Waals surface area contributed by atoms with Crippen molar-refractivity contribution in [3.63, 3.8) is 0 Å². The van der Waals surface area contributed by atoms with Gasteiger partial charge in [0.05, 0.1) is 0 Å². The lowest BCUT2D eigenvalue weighted by molar-refractivity contribution is -0.109. The molecular weight excluding hydrogens is 168 g/mol. The van der Waals surface area contributed by atoms with Gasteiger partial charge in [-0.05, 0) is 17.3 Å². The van der Waals surface area contributed by atoms with Gasteiger partial charge in [-0.15, -0.1) is 0 Å². The minimum atomic E-state index is 0.185. The van der Waals surface area contributed by atoms with Crippen LogP contribution in [0.3, 0.4) is 0 Å². The molecule has 8 heavy (non-hydrogen) atoms. The van der Waals surface area contributed by atoms with Crippen LogP contribution < -0.4 is 0 Å². The zero-order valence-electron chi connectivity index (χ0n) is 4.43. The molecule has 1 atom stereocenters. The zero-order valence-corrected chi connectivity index (χ0v) is 6.02. The summed E-state index contributed by atoms with van der Waals surface area (Å²) in [6.45, 7) is 0. The second kappa shape index (κ2) is 2.44. The number of halogens is 1. The van der Waals surface area contributed by atoms with Crippen LogP contribution >= 0.6 is 15.9 Å². The van der Waals surface area contributed by atoms with Crippen molar-refractivity contribution in [2.24, 2.45) is 5.92 Å². The Labute approximate surface area is 56.9 Å². The Balaban J connectivity index is 2.53. The molecule has 0 aromatic heterocycles. The van der Waals surface area contributed by atoms with Crippen LogP contribution in [-0.4, -0.2) is 6.29 Å². The van der Waals surface area contributed by atoms with Crippen LogP contribution in [0, 0.1) is 5.92 Å². The Hall–Kier alpha value is -0.110. The fourth-order valence-electron chi connectivity index (χ4n) is 0.811. The Kier molecular flexibility index (Phi) is 1.84. The Bertz CT molecular complexity index is 128. The average Bonchev–Trinajstić information content (AvgIpc) is 2.14. The smallest absolute Gasteiger partial charge is 0.126 e. The lowest BCUT2D eigenvalue weighted by atomic mass is 10.2. The molecule has 0 saturated carbocycles. The molecule has 1 nitrogen and oxygen atoms in total. The van der Waals surface area contributed by atoms with E-state index in [9.17, 15) is 4.79 Å². The predicted octanol–water partition coefficient (Wildman–Crippen LogP) is 1.87. The third-order valence-corrected chi connectivity index (χ3v) is 1.95. The van der Waals surface area contributed by atoms with Gasteiger partial charge in [-0.2, -0.15) is 0 Å². The largest absolute Gasteiger partial charge is 0.303 e. The summed E-state index contributed by atoms with van der Waals surface area (Å²) >= 11 is 3.32. The maximum absolute atomic E-state index is 10.1. The van der Waals surface area contributed by atoms with Crippen LogP contribution in [0.4, 0.5) is 0 Å². The van der Waals surface area contributed by atoms with Crippen molar-refractivity contribution >= 4 is 22.2 Å². The molecule has 0 spiro atoms. The maximum atomic E-state index is 10.1. The monoisotopic (exact) mass is 174 g/mol. The second-order valence-corrected chi connectivity index (χ2v) is 2.97. The van der Waals surface area contributed by atoms with Gasteiger partial charge in [0.2, 0.25) is 0 Å². The molecule has 0 N–H and O–H groups in total. The summed E-state index contributed by atoms with van der Waals surface area (Å²) in [7, 11) is 0. The van der Waals surface area contributed by atoms with Gasteiger partial charge >= 0.3 is 0 Å². The van der Waals surface area contributed by atoms with Crippen molar-refractivity contribution in [1.29, 1.82) is 0 Å². The number of hydrogen-bond donors (Lipinski definition) is 0. The molecule has 0 aliphatic heterocycles. The average molecular weight is 175 g/mol. The van der Waals surface area contributed by atoms with E-state index >= 15 is 0 Å².